The summed E-state index contributed by atoms with van der Waals surface area (Å²) in [6.07, 6.45) is 1.65. The molecule has 0 saturated heterocycles. The Labute approximate surface area is 172 Å². The summed E-state index contributed by atoms with van der Waals surface area (Å²) < 4.78 is 13.8. The van der Waals surface area contributed by atoms with E-state index in [2.05, 4.69) is 4.98 Å². The third-order valence-electron chi connectivity index (χ3n) is 4.90. The molecule has 0 fully saturated rings. The van der Waals surface area contributed by atoms with Crippen molar-refractivity contribution in [1.82, 2.24) is 14.0 Å². The summed E-state index contributed by atoms with van der Waals surface area (Å²) in [6.45, 7) is 2.23. The van der Waals surface area contributed by atoms with Crippen LogP contribution in [0.5, 0.6) is 11.5 Å². The summed E-state index contributed by atoms with van der Waals surface area (Å²) in [5.74, 6) is 1.49. The van der Waals surface area contributed by atoms with E-state index in [0.29, 0.717) is 23.0 Å². The Balaban J connectivity index is 1.94. The maximum atomic E-state index is 13.3. The second-order valence-electron chi connectivity index (χ2n) is 6.67. The first-order chi connectivity index (χ1) is 14.0. The molecule has 0 N–H and O–H groups in total. The quantitative estimate of drug-likeness (QED) is 0.496. The van der Waals surface area contributed by atoms with Crippen LogP contribution in [0.2, 0.25) is 5.15 Å². The highest BCUT2D eigenvalue weighted by Gasteiger charge is 2.19. The molecule has 0 atom stereocenters. The number of nitrogens with zero attached hydrogens (tertiary/aromatic N) is 3. The maximum absolute atomic E-state index is 13.3. The topological polar surface area (TPSA) is 57.8 Å². The number of ether oxygens (including phenoxy) is 2. The van der Waals surface area contributed by atoms with Crippen molar-refractivity contribution in [1.29, 1.82) is 0 Å². The van der Waals surface area contributed by atoms with E-state index in [0.717, 1.165) is 28.3 Å². The van der Waals surface area contributed by atoms with Crippen LogP contribution in [0.4, 0.5) is 0 Å². The van der Waals surface area contributed by atoms with Gasteiger partial charge in [0.25, 0.3) is 5.56 Å². The van der Waals surface area contributed by atoms with Crippen LogP contribution in [0, 0.1) is 6.92 Å². The third-order valence-corrected chi connectivity index (χ3v) is 5.25. The van der Waals surface area contributed by atoms with E-state index in [1.807, 2.05) is 55.5 Å². The van der Waals surface area contributed by atoms with Gasteiger partial charge in [0.15, 0.2) is 0 Å². The van der Waals surface area contributed by atoms with Gasteiger partial charge in [0, 0.05) is 17.5 Å². The minimum absolute atomic E-state index is 0.205. The Hall–Kier alpha value is -3.25. The summed E-state index contributed by atoms with van der Waals surface area (Å²) in [4.78, 5) is 17.6. The first kappa shape index (κ1) is 19.1. The van der Waals surface area contributed by atoms with Gasteiger partial charge in [-0.15, -0.1) is 0 Å². The van der Waals surface area contributed by atoms with Crippen molar-refractivity contribution in [3.05, 3.63) is 81.5 Å². The highest BCUT2D eigenvalue weighted by Crippen LogP contribution is 2.30. The first-order valence-corrected chi connectivity index (χ1v) is 9.45. The van der Waals surface area contributed by atoms with Crippen LogP contribution in [0.15, 0.2) is 59.5 Å². The van der Waals surface area contributed by atoms with Gasteiger partial charge >= 0.3 is 0 Å². The van der Waals surface area contributed by atoms with E-state index < -0.39 is 0 Å². The van der Waals surface area contributed by atoms with E-state index in [4.69, 9.17) is 21.1 Å². The van der Waals surface area contributed by atoms with Gasteiger partial charge < -0.3 is 9.47 Å². The van der Waals surface area contributed by atoms with Gasteiger partial charge in [-0.05, 0) is 48.9 Å². The number of aromatic nitrogens is 3. The van der Waals surface area contributed by atoms with Gasteiger partial charge in [-0.25, -0.2) is 4.98 Å². The predicted molar refractivity (Wildman–Crippen MR) is 113 cm³/mol. The number of fused-ring (bicyclic) bond motifs is 1. The lowest BCUT2D eigenvalue weighted by atomic mass is 10.1. The molecule has 0 radical (unpaired) electrons. The lowest BCUT2D eigenvalue weighted by molar-refractivity contribution is 0.414. The smallest absolute Gasteiger partial charge is 0.295 e. The maximum Gasteiger partial charge on any atom is 0.295 e. The van der Waals surface area contributed by atoms with E-state index in [1.54, 1.807) is 29.4 Å². The molecular formula is C22H20ClN3O3. The van der Waals surface area contributed by atoms with E-state index in [-0.39, 0.29) is 5.56 Å². The van der Waals surface area contributed by atoms with Crippen LogP contribution in [0.1, 0.15) is 11.3 Å². The molecule has 7 heteroatoms. The first-order valence-electron chi connectivity index (χ1n) is 9.07. The van der Waals surface area contributed by atoms with Crippen molar-refractivity contribution in [2.45, 2.75) is 13.5 Å². The van der Waals surface area contributed by atoms with E-state index >= 15 is 0 Å². The molecular weight excluding hydrogens is 390 g/mol. The van der Waals surface area contributed by atoms with Gasteiger partial charge in [0.1, 0.15) is 16.7 Å². The standard InChI is InChI=1S/C22H20ClN3O3/c1-14-12-24-21-22(27)25(13-15-4-8-17(28-2)9-5-15)19(20(23)26(14)21)16-6-10-18(29-3)11-7-16/h4-12H,13H2,1-3H3. The average molecular weight is 410 g/mol. The third kappa shape index (κ3) is 3.36. The zero-order chi connectivity index (χ0) is 20.5. The molecule has 2 aromatic carbocycles. The predicted octanol–water partition coefficient (Wildman–Crippen LogP) is 4.19. The molecule has 2 aromatic heterocycles. The summed E-state index contributed by atoms with van der Waals surface area (Å²) in [5.41, 5.74) is 3.29. The Bertz CT molecular complexity index is 1230. The molecule has 6 nitrogen and oxygen atoms in total. The van der Waals surface area contributed by atoms with Gasteiger partial charge in [0.05, 0.1) is 26.5 Å². The molecule has 0 aliphatic rings. The molecule has 4 aromatic rings. The Morgan fingerprint density at radius 3 is 2.14 bits per heavy atom. The largest absolute Gasteiger partial charge is 0.497 e. The average Bonchev–Trinajstić information content (AvgIpc) is 3.15. The Morgan fingerprint density at radius 1 is 0.966 bits per heavy atom. The SMILES string of the molecule is COc1ccc(Cn2c(-c3ccc(OC)cc3)c(Cl)n3c(C)cnc3c2=O)cc1. The fourth-order valence-electron chi connectivity index (χ4n) is 3.36. The van der Waals surface area contributed by atoms with Crippen LogP contribution in [-0.2, 0) is 6.54 Å². The molecule has 0 bridgehead atoms. The second kappa shape index (κ2) is 7.64. The number of hydrogen-bond acceptors (Lipinski definition) is 4. The fourth-order valence-corrected chi connectivity index (χ4v) is 3.79. The lowest BCUT2D eigenvalue weighted by Crippen LogP contribution is -2.26. The second-order valence-corrected chi connectivity index (χ2v) is 7.02. The molecule has 0 unspecified atom stereocenters. The Kier molecular flexibility index (Phi) is 5.03. The summed E-state index contributed by atoms with van der Waals surface area (Å²) >= 11 is 6.80. The molecule has 0 aliphatic heterocycles. The number of benzene rings is 2. The monoisotopic (exact) mass is 409 g/mol. The van der Waals surface area contributed by atoms with Gasteiger partial charge in [0.2, 0.25) is 5.65 Å². The number of rotatable bonds is 5. The molecule has 0 aliphatic carbocycles. The summed E-state index contributed by atoms with van der Waals surface area (Å²) in [7, 11) is 3.23. The number of imidazole rings is 1. The Morgan fingerprint density at radius 2 is 1.55 bits per heavy atom. The normalized spacial score (nSPS) is 11.0. The van der Waals surface area contributed by atoms with E-state index in [9.17, 15) is 4.79 Å². The van der Waals surface area contributed by atoms with Gasteiger partial charge in [-0.2, -0.15) is 0 Å². The lowest BCUT2D eigenvalue weighted by Gasteiger charge is -2.17. The van der Waals surface area contributed by atoms with Crippen molar-refractivity contribution in [2.75, 3.05) is 14.2 Å². The van der Waals surface area contributed by atoms with Crippen LogP contribution in [-0.4, -0.2) is 28.2 Å². The van der Waals surface area contributed by atoms with Gasteiger partial charge in [-0.1, -0.05) is 23.7 Å². The molecule has 148 valence electrons. The van der Waals surface area contributed by atoms with Crippen molar-refractivity contribution < 1.29 is 9.47 Å². The zero-order valence-electron chi connectivity index (χ0n) is 16.3. The molecule has 2 heterocycles. The minimum Gasteiger partial charge on any atom is -0.497 e. The fraction of sp³-hybridized carbons (Fsp3) is 0.182. The van der Waals surface area contributed by atoms with Crippen molar-refractivity contribution in [3.8, 4) is 22.8 Å². The number of aryl methyl sites for hydroxylation is 1. The van der Waals surface area contributed by atoms with Crippen molar-refractivity contribution in [2.24, 2.45) is 0 Å². The van der Waals surface area contributed by atoms with Gasteiger partial charge in [-0.3, -0.25) is 13.8 Å². The highest BCUT2D eigenvalue weighted by molar-refractivity contribution is 6.32. The highest BCUT2D eigenvalue weighted by atomic mass is 35.5. The number of halogens is 1. The van der Waals surface area contributed by atoms with Crippen LogP contribution < -0.4 is 15.0 Å². The molecule has 0 spiro atoms. The van der Waals surface area contributed by atoms with Crippen molar-refractivity contribution in [3.63, 3.8) is 0 Å². The summed E-state index contributed by atoms with van der Waals surface area (Å²) in [6, 6.07) is 15.1. The van der Waals surface area contributed by atoms with Crippen molar-refractivity contribution >= 4 is 17.2 Å². The molecule has 4 rings (SSSR count). The summed E-state index contributed by atoms with van der Waals surface area (Å²) in [5, 5.41) is 0.438. The number of methoxy groups -OCH3 is 2. The van der Waals surface area contributed by atoms with Crippen LogP contribution >= 0.6 is 11.6 Å². The number of hydrogen-bond donors (Lipinski definition) is 0. The molecule has 0 saturated carbocycles. The van der Waals surface area contributed by atoms with Crippen LogP contribution in [0.25, 0.3) is 16.9 Å². The molecule has 0 amide bonds. The van der Waals surface area contributed by atoms with Crippen LogP contribution in [0.3, 0.4) is 0 Å². The zero-order valence-corrected chi connectivity index (χ0v) is 17.1. The minimum atomic E-state index is -0.205. The van der Waals surface area contributed by atoms with E-state index in [1.165, 1.54) is 0 Å². The molecule has 29 heavy (non-hydrogen) atoms.